The van der Waals surface area contributed by atoms with Gasteiger partial charge in [-0.05, 0) is 93.0 Å². The molecule has 0 unspecified atom stereocenters. The van der Waals surface area contributed by atoms with E-state index in [1.165, 1.54) is 0 Å². The Balaban J connectivity index is 0.778. The molecule has 0 atom stereocenters. The number of aromatic nitrogens is 6. The van der Waals surface area contributed by atoms with Gasteiger partial charge < -0.3 is 8.83 Å². The minimum absolute atomic E-state index is 0.467. The zero-order chi connectivity index (χ0) is 45.2. The van der Waals surface area contributed by atoms with Crippen molar-refractivity contribution in [3.8, 4) is 113 Å². The Morgan fingerprint density at radius 2 is 0.485 bits per heavy atom. The van der Waals surface area contributed by atoms with Gasteiger partial charge >= 0.3 is 0 Å². The third kappa shape index (κ3) is 7.82. The molecule has 12 rings (SSSR count). The third-order valence-electron chi connectivity index (χ3n) is 12.2. The van der Waals surface area contributed by atoms with Gasteiger partial charge in [0.2, 0.25) is 23.6 Å². The summed E-state index contributed by atoms with van der Waals surface area (Å²) in [5.74, 6) is 1.90. The van der Waals surface area contributed by atoms with Gasteiger partial charge in [-0.25, -0.2) is 9.97 Å². The van der Waals surface area contributed by atoms with Crippen molar-refractivity contribution in [3.05, 3.63) is 231 Å². The highest BCUT2D eigenvalue weighted by molar-refractivity contribution is 5.88. The lowest BCUT2D eigenvalue weighted by Crippen LogP contribution is -1.95. The largest absolute Gasteiger partial charge is 0.416 e. The van der Waals surface area contributed by atoms with Gasteiger partial charge in [-0.15, -0.1) is 20.4 Å². The van der Waals surface area contributed by atoms with Crippen molar-refractivity contribution in [1.82, 2.24) is 30.4 Å². The Labute approximate surface area is 392 Å². The molecule has 0 saturated carbocycles. The number of benzene rings is 9. The molecule has 0 fully saturated rings. The van der Waals surface area contributed by atoms with Crippen molar-refractivity contribution in [1.29, 1.82) is 0 Å². The number of nitrogens with zero attached hydrogens (tertiary/aromatic N) is 6. The zero-order valence-corrected chi connectivity index (χ0v) is 36.4. The number of rotatable bonds is 10. The fraction of sp³-hybridized carbons (Fsp3) is 0. The average Bonchev–Trinajstić information content (AvgIpc) is 4.13. The zero-order valence-electron chi connectivity index (χ0n) is 36.4. The van der Waals surface area contributed by atoms with Crippen LogP contribution in [0.25, 0.3) is 124 Å². The van der Waals surface area contributed by atoms with Crippen molar-refractivity contribution in [2.45, 2.75) is 0 Å². The molecule has 320 valence electrons. The Bertz CT molecular complexity index is 3450. The lowest BCUT2D eigenvalue weighted by Gasteiger charge is -2.12. The molecule has 0 amide bonds. The van der Waals surface area contributed by atoms with E-state index in [0.717, 1.165) is 100 Å². The summed E-state index contributed by atoms with van der Waals surface area (Å²) in [6, 6.07) is 78.0. The summed E-state index contributed by atoms with van der Waals surface area (Å²) in [7, 11) is 0. The average molecular weight is 875 g/mol. The van der Waals surface area contributed by atoms with E-state index in [9.17, 15) is 0 Å². The molecule has 68 heavy (non-hydrogen) atoms. The van der Waals surface area contributed by atoms with Crippen LogP contribution in [0.2, 0.25) is 0 Å². The molecule has 12 aromatic rings. The third-order valence-corrected chi connectivity index (χ3v) is 12.2. The van der Waals surface area contributed by atoms with Crippen molar-refractivity contribution in [2.75, 3.05) is 0 Å². The second kappa shape index (κ2) is 17.5. The predicted molar refractivity (Wildman–Crippen MR) is 270 cm³/mol. The van der Waals surface area contributed by atoms with E-state index in [0.29, 0.717) is 23.6 Å². The van der Waals surface area contributed by atoms with Crippen LogP contribution in [-0.2, 0) is 0 Å². The number of hydrogen-bond donors (Lipinski definition) is 0. The van der Waals surface area contributed by atoms with Crippen molar-refractivity contribution in [2.24, 2.45) is 0 Å². The quantitative estimate of drug-likeness (QED) is 0.134. The molecule has 3 aromatic heterocycles. The van der Waals surface area contributed by atoms with Crippen LogP contribution in [0.3, 0.4) is 0 Å². The second-order valence-electron chi connectivity index (χ2n) is 16.4. The summed E-state index contributed by atoms with van der Waals surface area (Å²) in [6.45, 7) is 0. The van der Waals surface area contributed by atoms with Crippen molar-refractivity contribution in [3.63, 3.8) is 0 Å². The monoisotopic (exact) mass is 874 g/mol. The van der Waals surface area contributed by atoms with Gasteiger partial charge in [0.25, 0.3) is 0 Å². The summed E-state index contributed by atoms with van der Waals surface area (Å²) in [5, 5.41) is 17.7. The molecule has 8 nitrogen and oxygen atoms in total. The summed E-state index contributed by atoms with van der Waals surface area (Å²) in [6.07, 6.45) is 0. The molecule has 0 saturated heterocycles. The van der Waals surface area contributed by atoms with E-state index in [1.54, 1.807) is 0 Å². The molecule has 0 N–H and O–H groups in total. The van der Waals surface area contributed by atoms with Gasteiger partial charge in [0, 0.05) is 33.4 Å². The van der Waals surface area contributed by atoms with Gasteiger partial charge in [-0.2, -0.15) is 0 Å². The molecule has 3 heterocycles. The first-order chi connectivity index (χ1) is 33.7. The molecule has 0 spiro atoms. The number of para-hydroxylation sites is 2. The SMILES string of the molecule is c1ccc(-c2ccccc2-c2nnc(-c3ccc(-c4ccc(-c5nc6ccccc6nc5-c5ccc(-c6ccc(-c7nnc(-c8ccccc8-c8ccccc8)o7)cc6)cc5)cc4)cc3)o2)cc1. The highest BCUT2D eigenvalue weighted by Crippen LogP contribution is 2.37. The topological polar surface area (TPSA) is 104 Å². The van der Waals surface area contributed by atoms with E-state index in [4.69, 9.17) is 18.8 Å². The van der Waals surface area contributed by atoms with Crippen LogP contribution in [0, 0.1) is 0 Å². The molecular weight excluding hydrogens is 837 g/mol. The van der Waals surface area contributed by atoms with E-state index in [-0.39, 0.29) is 0 Å². The fourth-order valence-corrected chi connectivity index (χ4v) is 8.63. The van der Waals surface area contributed by atoms with E-state index < -0.39 is 0 Å². The Hall–Kier alpha value is -9.40. The number of fused-ring (bicyclic) bond motifs is 1. The fourth-order valence-electron chi connectivity index (χ4n) is 8.63. The van der Waals surface area contributed by atoms with Crippen LogP contribution in [0.4, 0.5) is 0 Å². The molecule has 0 aliphatic heterocycles. The van der Waals surface area contributed by atoms with E-state index >= 15 is 0 Å². The molecule has 0 radical (unpaired) electrons. The number of hydrogen-bond acceptors (Lipinski definition) is 8. The van der Waals surface area contributed by atoms with Crippen molar-refractivity contribution >= 4 is 11.0 Å². The first kappa shape index (κ1) is 40.1. The minimum Gasteiger partial charge on any atom is -0.416 e. The second-order valence-corrected chi connectivity index (χ2v) is 16.4. The van der Waals surface area contributed by atoms with E-state index in [2.05, 4.69) is 130 Å². The molecule has 0 bridgehead atoms. The maximum absolute atomic E-state index is 6.24. The highest BCUT2D eigenvalue weighted by Gasteiger charge is 2.18. The Morgan fingerprint density at radius 1 is 0.206 bits per heavy atom. The first-order valence-corrected chi connectivity index (χ1v) is 22.3. The molecule has 0 aliphatic carbocycles. The van der Waals surface area contributed by atoms with Gasteiger partial charge in [0.05, 0.1) is 22.4 Å². The van der Waals surface area contributed by atoms with Crippen LogP contribution in [0.1, 0.15) is 0 Å². The van der Waals surface area contributed by atoms with Gasteiger partial charge in [-0.3, -0.25) is 0 Å². The standard InChI is InChI=1S/C60H38N6O2/c1-3-13-43(14-4-1)49-17-7-9-19-51(49)59-65-63-57(67-59)47-35-27-41(28-36-47)39-23-31-45(32-24-39)55-56(62-54-22-12-11-21-53(54)61-55)46-33-25-40(26-34-46)42-29-37-48(38-30-42)58-64-66-60(68-58)52-20-10-8-18-50(52)44-15-5-2-6-16-44/h1-38H. The molecular formula is C60H38N6O2. The van der Waals surface area contributed by atoms with Crippen molar-refractivity contribution < 1.29 is 8.83 Å². The van der Waals surface area contributed by atoms with Gasteiger partial charge in [0.1, 0.15) is 0 Å². The minimum atomic E-state index is 0.467. The molecule has 8 heteroatoms. The lowest BCUT2D eigenvalue weighted by molar-refractivity contribution is 0.584. The van der Waals surface area contributed by atoms with Gasteiger partial charge in [-0.1, -0.05) is 182 Å². The van der Waals surface area contributed by atoms with Crippen LogP contribution in [-0.4, -0.2) is 30.4 Å². The smallest absolute Gasteiger partial charge is 0.248 e. The Kier molecular flexibility index (Phi) is 10.3. The maximum atomic E-state index is 6.24. The Morgan fingerprint density at radius 3 is 0.853 bits per heavy atom. The lowest BCUT2D eigenvalue weighted by atomic mass is 9.97. The summed E-state index contributed by atoms with van der Waals surface area (Å²) >= 11 is 0. The molecule has 9 aromatic carbocycles. The summed E-state index contributed by atoms with van der Waals surface area (Å²) in [4.78, 5) is 10.3. The summed E-state index contributed by atoms with van der Waals surface area (Å²) < 4.78 is 12.5. The predicted octanol–water partition coefficient (Wildman–Crippen LogP) is 15.1. The van der Waals surface area contributed by atoms with Gasteiger partial charge in [0.15, 0.2) is 0 Å². The maximum Gasteiger partial charge on any atom is 0.248 e. The van der Waals surface area contributed by atoms with Crippen LogP contribution < -0.4 is 0 Å². The van der Waals surface area contributed by atoms with E-state index in [1.807, 2.05) is 121 Å². The first-order valence-electron chi connectivity index (χ1n) is 22.3. The molecule has 0 aliphatic rings. The van der Waals surface area contributed by atoms with Crippen LogP contribution >= 0.6 is 0 Å². The normalized spacial score (nSPS) is 11.2. The van der Waals surface area contributed by atoms with Crippen LogP contribution in [0.15, 0.2) is 239 Å². The summed E-state index contributed by atoms with van der Waals surface area (Å²) in [5.41, 5.74) is 17.3. The highest BCUT2D eigenvalue weighted by atomic mass is 16.4. The van der Waals surface area contributed by atoms with Crippen LogP contribution in [0.5, 0.6) is 0 Å².